The molecule has 0 aliphatic heterocycles. The Hall–Kier alpha value is -2.02. The van der Waals surface area contributed by atoms with Gasteiger partial charge in [0, 0.05) is 31.9 Å². The van der Waals surface area contributed by atoms with Gasteiger partial charge in [0.2, 0.25) is 0 Å². The molecule has 0 amide bonds. The van der Waals surface area contributed by atoms with Gasteiger partial charge in [-0.2, -0.15) is 0 Å². The number of nitrogens with one attached hydrogen (secondary N) is 1. The molecule has 1 rings (SSSR count). The SMILES string of the molecule is CN(C)/C=N/C(=S)Nc1cccc([N+](=O)[O-])c1. The number of rotatable bonds is 3. The summed E-state index contributed by atoms with van der Waals surface area (Å²) in [6, 6.07) is 6.08. The molecule has 0 aromatic heterocycles. The molecule has 7 heteroatoms. The number of thiocarbonyl (C=S) groups is 1. The summed E-state index contributed by atoms with van der Waals surface area (Å²) >= 11 is 4.96. The third-order valence-electron chi connectivity index (χ3n) is 1.71. The van der Waals surface area contributed by atoms with Gasteiger partial charge in [-0.25, -0.2) is 4.99 Å². The first-order chi connectivity index (χ1) is 7.99. The highest BCUT2D eigenvalue weighted by Gasteiger charge is 2.05. The van der Waals surface area contributed by atoms with Crippen LogP contribution in [0, 0.1) is 10.1 Å². The second-order valence-corrected chi connectivity index (χ2v) is 3.83. The molecule has 6 nitrogen and oxygen atoms in total. The van der Waals surface area contributed by atoms with Crippen molar-refractivity contribution in [3.8, 4) is 0 Å². The van der Waals surface area contributed by atoms with Crippen LogP contribution in [0.4, 0.5) is 11.4 Å². The fraction of sp³-hybridized carbons (Fsp3) is 0.200. The number of hydrogen-bond acceptors (Lipinski definition) is 3. The van der Waals surface area contributed by atoms with Crippen LogP contribution in [0.25, 0.3) is 0 Å². The first-order valence-corrected chi connectivity index (χ1v) is 5.16. The average Bonchev–Trinajstić information content (AvgIpc) is 2.26. The van der Waals surface area contributed by atoms with Gasteiger partial charge in [0.05, 0.1) is 11.3 Å². The van der Waals surface area contributed by atoms with Crippen molar-refractivity contribution < 1.29 is 4.92 Å². The molecule has 0 aliphatic carbocycles. The molecule has 0 spiro atoms. The zero-order chi connectivity index (χ0) is 12.8. The van der Waals surface area contributed by atoms with Crippen LogP contribution < -0.4 is 5.32 Å². The summed E-state index contributed by atoms with van der Waals surface area (Å²) in [6.07, 6.45) is 1.55. The topological polar surface area (TPSA) is 70.8 Å². The third-order valence-corrected chi connectivity index (χ3v) is 1.92. The molecule has 0 unspecified atom stereocenters. The Labute approximate surface area is 104 Å². The summed E-state index contributed by atoms with van der Waals surface area (Å²) in [5.41, 5.74) is 0.550. The maximum absolute atomic E-state index is 10.6. The maximum atomic E-state index is 10.6. The highest BCUT2D eigenvalue weighted by atomic mass is 32.1. The number of nitro benzene ring substituents is 1. The molecule has 17 heavy (non-hydrogen) atoms. The van der Waals surface area contributed by atoms with Crippen LogP contribution in [-0.4, -0.2) is 35.4 Å². The minimum Gasteiger partial charge on any atom is -0.369 e. The predicted molar refractivity (Wildman–Crippen MR) is 71.5 cm³/mol. The lowest BCUT2D eigenvalue weighted by Crippen LogP contribution is -2.12. The normalized spacial score (nSPS) is 10.2. The van der Waals surface area contributed by atoms with Crippen LogP contribution in [0.1, 0.15) is 0 Å². The molecule has 0 saturated heterocycles. The zero-order valence-electron chi connectivity index (χ0n) is 9.45. The smallest absolute Gasteiger partial charge is 0.271 e. The quantitative estimate of drug-likeness (QED) is 0.292. The lowest BCUT2D eigenvalue weighted by atomic mass is 10.3. The molecular weight excluding hydrogens is 240 g/mol. The van der Waals surface area contributed by atoms with Crippen molar-refractivity contribution in [2.24, 2.45) is 4.99 Å². The lowest BCUT2D eigenvalue weighted by Gasteiger charge is -2.05. The van der Waals surface area contributed by atoms with Crippen LogP contribution in [0.3, 0.4) is 0 Å². The van der Waals surface area contributed by atoms with Crippen LogP contribution >= 0.6 is 12.2 Å². The molecule has 0 radical (unpaired) electrons. The molecule has 1 N–H and O–H groups in total. The van der Waals surface area contributed by atoms with E-state index in [2.05, 4.69) is 10.3 Å². The van der Waals surface area contributed by atoms with Gasteiger partial charge >= 0.3 is 0 Å². The van der Waals surface area contributed by atoms with E-state index in [1.54, 1.807) is 23.4 Å². The van der Waals surface area contributed by atoms with Gasteiger partial charge < -0.3 is 10.2 Å². The maximum Gasteiger partial charge on any atom is 0.271 e. The van der Waals surface area contributed by atoms with E-state index in [-0.39, 0.29) is 10.8 Å². The summed E-state index contributed by atoms with van der Waals surface area (Å²) < 4.78 is 0. The number of nitrogens with zero attached hydrogens (tertiary/aromatic N) is 3. The molecule has 0 atom stereocenters. The van der Waals surface area contributed by atoms with E-state index >= 15 is 0 Å². The highest BCUT2D eigenvalue weighted by Crippen LogP contribution is 2.16. The Balaban J connectivity index is 2.72. The lowest BCUT2D eigenvalue weighted by molar-refractivity contribution is -0.384. The first-order valence-electron chi connectivity index (χ1n) is 4.75. The summed E-state index contributed by atoms with van der Waals surface area (Å²) in [7, 11) is 3.64. The minimum atomic E-state index is -0.461. The molecule has 0 heterocycles. The van der Waals surface area contributed by atoms with Crippen molar-refractivity contribution in [3.05, 3.63) is 34.4 Å². The number of aliphatic imine (C=N–C) groups is 1. The molecule has 1 aromatic carbocycles. The van der Waals surface area contributed by atoms with Crippen molar-refractivity contribution in [1.29, 1.82) is 0 Å². The average molecular weight is 252 g/mol. The van der Waals surface area contributed by atoms with Crippen LogP contribution in [0.5, 0.6) is 0 Å². The summed E-state index contributed by atoms with van der Waals surface area (Å²) in [5.74, 6) is 0. The highest BCUT2D eigenvalue weighted by molar-refractivity contribution is 7.80. The van der Waals surface area contributed by atoms with Crippen molar-refractivity contribution in [2.45, 2.75) is 0 Å². The molecule has 0 aliphatic rings. The van der Waals surface area contributed by atoms with Gasteiger partial charge in [-0.05, 0) is 18.3 Å². The van der Waals surface area contributed by atoms with Gasteiger partial charge in [-0.1, -0.05) is 6.07 Å². The van der Waals surface area contributed by atoms with Crippen molar-refractivity contribution in [2.75, 3.05) is 19.4 Å². The summed E-state index contributed by atoms with van der Waals surface area (Å²) in [4.78, 5) is 15.8. The van der Waals surface area contributed by atoms with E-state index in [1.807, 2.05) is 14.1 Å². The standard InChI is InChI=1S/C10H12N4O2S/c1-13(2)7-11-10(17)12-8-4-3-5-9(6-8)14(15)16/h3-7H,1-2H3,(H,12,17)/b11-7+. The van der Waals surface area contributed by atoms with Crippen molar-refractivity contribution in [1.82, 2.24) is 4.90 Å². The number of nitro groups is 1. The fourth-order valence-electron chi connectivity index (χ4n) is 1.02. The van der Waals surface area contributed by atoms with Gasteiger partial charge in [-0.3, -0.25) is 10.1 Å². The van der Waals surface area contributed by atoms with Crippen LogP contribution in [0.15, 0.2) is 29.3 Å². The third kappa shape index (κ3) is 4.56. The summed E-state index contributed by atoms with van der Waals surface area (Å²) in [6.45, 7) is 0. The molecule has 0 bridgehead atoms. The molecule has 0 saturated carbocycles. The summed E-state index contributed by atoms with van der Waals surface area (Å²) in [5, 5.41) is 13.6. The van der Waals surface area contributed by atoms with Gasteiger partial charge in [0.15, 0.2) is 5.11 Å². The van der Waals surface area contributed by atoms with Gasteiger partial charge in [-0.15, -0.1) is 0 Å². The van der Waals surface area contributed by atoms with E-state index in [0.717, 1.165) is 0 Å². The Morgan fingerprint density at radius 2 is 2.29 bits per heavy atom. The van der Waals surface area contributed by atoms with Gasteiger partial charge in [0.25, 0.3) is 5.69 Å². The van der Waals surface area contributed by atoms with E-state index in [0.29, 0.717) is 5.69 Å². The largest absolute Gasteiger partial charge is 0.369 e. The van der Waals surface area contributed by atoms with Crippen LogP contribution in [0.2, 0.25) is 0 Å². The number of non-ortho nitro benzene ring substituents is 1. The molecule has 0 fully saturated rings. The van der Waals surface area contributed by atoms with Crippen molar-refractivity contribution in [3.63, 3.8) is 0 Å². The predicted octanol–water partition coefficient (Wildman–Crippen LogP) is 1.88. The number of hydrogen-bond donors (Lipinski definition) is 1. The monoisotopic (exact) mass is 252 g/mol. The number of benzene rings is 1. The van der Waals surface area contributed by atoms with Crippen LogP contribution in [-0.2, 0) is 0 Å². The Morgan fingerprint density at radius 1 is 1.59 bits per heavy atom. The van der Waals surface area contributed by atoms with E-state index in [1.165, 1.54) is 12.1 Å². The minimum absolute atomic E-state index is 0.00869. The Kier molecular flexibility index (Phi) is 4.53. The molecule has 90 valence electrons. The Bertz CT molecular complexity index is 459. The second kappa shape index (κ2) is 5.90. The fourth-order valence-corrected chi connectivity index (χ4v) is 1.19. The van der Waals surface area contributed by atoms with E-state index in [9.17, 15) is 10.1 Å². The Morgan fingerprint density at radius 3 is 2.88 bits per heavy atom. The molecule has 1 aromatic rings. The van der Waals surface area contributed by atoms with Crippen molar-refractivity contribution >= 4 is 35.0 Å². The number of anilines is 1. The van der Waals surface area contributed by atoms with E-state index < -0.39 is 4.92 Å². The molecular formula is C10H12N4O2S. The zero-order valence-corrected chi connectivity index (χ0v) is 10.3. The van der Waals surface area contributed by atoms with E-state index in [4.69, 9.17) is 12.2 Å². The first kappa shape index (κ1) is 13.0. The second-order valence-electron chi connectivity index (χ2n) is 3.45. The van der Waals surface area contributed by atoms with Gasteiger partial charge in [0.1, 0.15) is 0 Å².